The first-order chi connectivity index (χ1) is 8.70. The summed E-state index contributed by atoms with van der Waals surface area (Å²) in [6, 6.07) is 10.7. The van der Waals surface area contributed by atoms with Gasteiger partial charge in [-0.05, 0) is 37.3 Å². The molecule has 0 spiro atoms. The average molecular weight is 242 g/mol. The molecule has 0 aliphatic rings. The number of aliphatic hydroxyl groups is 1. The van der Waals surface area contributed by atoms with E-state index >= 15 is 0 Å². The molecule has 92 valence electrons. The van der Waals surface area contributed by atoms with Gasteiger partial charge in [0.05, 0.1) is 6.61 Å². The second kappa shape index (κ2) is 5.42. The van der Waals surface area contributed by atoms with Crippen LogP contribution in [0.3, 0.4) is 0 Å². The van der Waals surface area contributed by atoms with E-state index in [0.717, 1.165) is 11.3 Å². The number of nitrogens with one attached hydrogen (secondary N) is 1. The lowest BCUT2D eigenvalue weighted by Gasteiger charge is -2.09. The summed E-state index contributed by atoms with van der Waals surface area (Å²) in [5, 5.41) is 12.3. The third kappa shape index (κ3) is 2.73. The van der Waals surface area contributed by atoms with Gasteiger partial charge < -0.3 is 10.4 Å². The highest BCUT2D eigenvalue weighted by Gasteiger charge is 2.03. The standard InChI is InChI=1S/C14H14N2O2/c1-10(18)11-4-6-13(7-5-11)16-14-12(9-17)3-2-8-15-14/h2-8,17H,9H2,1H3,(H,15,16). The topological polar surface area (TPSA) is 62.2 Å². The van der Waals surface area contributed by atoms with E-state index in [0.29, 0.717) is 11.4 Å². The first kappa shape index (κ1) is 12.3. The van der Waals surface area contributed by atoms with Crippen molar-refractivity contribution in [2.75, 3.05) is 5.32 Å². The van der Waals surface area contributed by atoms with Crippen molar-refractivity contribution in [1.29, 1.82) is 0 Å². The Morgan fingerprint density at radius 1 is 1.28 bits per heavy atom. The van der Waals surface area contributed by atoms with Gasteiger partial charge in [0.1, 0.15) is 5.82 Å². The Labute approximate surface area is 105 Å². The highest BCUT2D eigenvalue weighted by molar-refractivity contribution is 5.94. The summed E-state index contributed by atoms with van der Waals surface area (Å²) < 4.78 is 0. The number of anilines is 2. The van der Waals surface area contributed by atoms with E-state index in [2.05, 4.69) is 10.3 Å². The van der Waals surface area contributed by atoms with Gasteiger partial charge >= 0.3 is 0 Å². The number of benzene rings is 1. The van der Waals surface area contributed by atoms with E-state index in [1.54, 1.807) is 30.5 Å². The van der Waals surface area contributed by atoms with Crippen molar-refractivity contribution in [1.82, 2.24) is 4.98 Å². The molecule has 1 aromatic heterocycles. The van der Waals surface area contributed by atoms with Crippen molar-refractivity contribution in [2.24, 2.45) is 0 Å². The summed E-state index contributed by atoms with van der Waals surface area (Å²) in [5.74, 6) is 0.658. The van der Waals surface area contributed by atoms with E-state index in [9.17, 15) is 9.90 Å². The second-order valence-corrected chi connectivity index (χ2v) is 3.93. The predicted octanol–water partition coefficient (Wildman–Crippen LogP) is 2.52. The number of aliphatic hydroxyl groups excluding tert-OH is 1. The second-order valence-electron chi connectivity index (χ2n) is 3.93. The molecule has 2 N–H and O–H groups in total. The molecule has 4 nitrogen and oxygen atoms in total. The molecule has 0 atom stereocenters. The number of rotatable bonds is 4. The van der Waals surface area contributed by atoms with Crippen molar-refractivity contribution in [3.05, 3.63) is 53.7 Å². The van der Waals surface area contributed by atoms with Crippen molar-refractivity contribution >= 4 is 17.3 Å². The highest BCUT2D eigenvalue weighted by atomic mass is 16.3. The van der Waals surface area contributed by atoms with Gasteiger partial charge in [0, 0.05) is 23.0 Å². The third-order valence-electron chi connectivity index (χ3n) is 2.62. The van der Waals surface area contributed by atoms with Crippen LogP contribution in [0.15, 0.2) is 42.6 Å². The highest BCUT2D eigenvalue weighted by Crippen LogP contribution is 2.18. The molecule has 18 heavy (non-hydrogen) atoms. The monoisotopic (exact) mass is 242 g/mol. The summed E-state index contributed by atoms with van der Waals surface area (Å²) in [5.41, 5.74) is 2.23. The molecule has 1 aromatic carbocycles. The summed E-state index contributed by atoms with van der Waals surface area (Å²) in [6.07, 6.45) is 1.66. The lowest BCUT2D eigenvalue weighted by Crippen LogP contribution is -1.99. The van der Waals surface area contributed by atoms with Gasteiger partial charge in [0.15, 0.2) is 5.78 Å². The van der Waals surface area contributed by atoms with Gasteiger partial charge in [0.2, 0.25) is 0 Å². The Bertz CT molecular complexity index is 550. The lowest BCUT2D eigenvalue weighted by molar-refractivity contribution is 0.101. The van der Waals surface area contributed by atoms with Crippen LogP contribution in [-0.2, 0) is 6.61 Å². The zero-order chi connectivity index (χ0) is 13.0. The summed E-state index contributed by atoms with van der Waals surface area (Å²) in [7, 11) is 0. The van der Waals surface area contributed by atoms with Crippen LogP contribution in [0.4, 0.5) is 11.5 Å². The third-order valence-corrected chi connectivity index (χ3v) is 2.62. The van der Waals surface area contributed by atoms with Crippen LogP contribution in [0.1, 0.15) is 22.8 Å². The smallest absolute Gasteiger partial charge is 0.159 e. The first-order valence-corrected chi connectivity index (χ1v) is 5.63. The Morgan fingerprint density at radius 3 is 2.61 bits per heavy atom. The Kier molecular flexibility index (Phi) is 3.69. The van der Waals surface area contributed by atoms with E-state index in [1.807, 2.05) is 12.1 Å². The van der Waals surface area contributed by atoms with Crippen LogP contribution in [0.25, 0.3) is 0 Å². The molecule has 0 aliphatic heterocycles. The SMILES string of the molecule is CC(=O)c1ccc(Nc2ncccc2CO)cc1. The summed E-state index contributed by atoms with van der Waals surface area (Å²) >= 11 is 0. The number of carbonyl (C=O) groups excluding carboxylic acids is 1. The van der Waals surface area contributed by atoms with Crippen LogP contribution in [0.5, 0.6) is 0 Å². The number of nitrogens with zero attached hydrogens (tertiary/aromatic N) is 1. The Hall–Kier alpha value is -2.20. The van der Waals surface area contributed by atoms with Crippen molar-refractivity contribution < 1.29 is 9.90 Å². The fraction of sp³-hybridized carbons (Fsp3) is 0.143. The zero-order valence-electron chi connectivity index (χ0n) is 10.1. The molecule has 0 saturated carbocycles. The maximum absolute atomic E-state index is 11.1. The first-order valence-electron chi connectivity index (χ1n) is 5.63. The normalized spacial score (nSPS) is 10.1. The fourth-order valence-corrected chi connectivity index (χ4v) is 1.60. The van der Waals surface area contributed by atoms with Crippen LogP contribution in [0.2, 0.25) is 0 Å². The molecule has 2 aromatic rings. The molecule has 1 heterocycles. The molecular formula is C14H14N2O2. The van der Waals surface area contributed by atoms with Gasteiger partial charge in [-0.2, -0.15) is 0 Å². The largest absolute Gasteiger partial charge is 0.392 e. The minimum absolute atomic E-state index is 0.0374. The molecule has 0 aliphatic carbocycles. The molecular weight excluding hydrogens is 228 g/mol. The zero-order valence-corrected chi connectivity index (χ0v) is 10.1. The molecule has 0 amide bonds. The van der Waals surface area contributed by atoms with Crippen LogP contribution >= 0.6 is 0 Å². The number of Topliss-reactive ketones (excluding diaryl/α,β-unsaturated/α-hetero) is 1. The van der Waals surface area contributed by atoms with Gasteiger partial charge in [-0.25, -0.2) is 4.98 Å². The average Bonchev–Trinajstić information content (AvgIpc) is 2.40. The molecule has 4 heteroatoms. The van der Waals surface area contributed by atoms with Crippen molar-refractivity contribution in [3.8, 4) is 0 Å². The van der Waals surface area contributed by atoms with Crippen LogP contribution < -0.4 is 5.32 Å². The van der Waals surface area contributed by atoms with Gasteiger partial charge in [-0.15, -0.1) is 0 Å². The van der Waals surface area contributed by atoms with E-state index in [-0.39, 0.29) is 12.4 Å². The van der Waals surface area contributed by atoms with Gasteiger partial charge in [-0.3, -0.25) is 4.79 Å². The number of hydrogen-bond donors (Lipinski definition) is 2. The minimum Gasteiger partial charge on any atom is -0.392 e. The summed E-state index contributed by atoms with van der Waals surface area (Å²) in [4.78, 5) is 15.3. The Morgan fingerprint density at radius 2 is 2.00 bits per heavy atom. The molecule has 0 saturated heterocycles. The fourth-order valence-electron chi connectivity index (χ4n) is 1.60. The van der Waals surface area contributed by atoms with Gasteiger partial charge in [-0.1, -0.05) is 6.07 Å². The molecule has 0 unspecified atom stereocenters. The molecule has 2 rings (SSSR count). The molecule has 0 bridgehead atoms. The van der Waals surface area contributed by atoms with E-state index < -0.39 is 0 Å². The number of aromatic nitrogens is 1. The lowest BCUT2D eigenvalue weighted by atomic mass is 10.1. The summed E-state index contributed by atoms with van der Waals surface area (Å²) in [6.45, 7) is 1.47. The van der Waals surface area contributed by atoms with Crippen LogP contribution in [-0.4, -0.2) is 15.9 Å². The predicted molar refractivity (Wildman–Crippen MR) is 69.9 cm³/mol. The molecule has 0 radical (unpaired) electrons. The minimum atomic E-state index is -0.0678. The molecule has 0 fully saturated rings. The van der Waals surface area contributed by atoms with E-state index in [1.165, 1.54) is 6.92 Å². The maximum atomic E-state index is 11.1. The van der Waals surface area contributed by atoms with E-state index in [4.69, 9.17) is 0 Å². The number of hydrogen-bond acceptors (Lipinski definition) is 4. The van der Waals surface area contributed by atoms with Gasteiger partial charge in [0.25, 0.3) is 0 Å². The van der Waals surface area contributed by atoms with Crippen LogP contribution in [0, 0.1) is 0 Å². The quantitative estimate of drug-likeness (QED) is 0.809. The Balaban J connectivity index is 2.21. The number of ketones is 1. The number of carbonyl (C=O) groups is 1. The maximum Gasteiger partial charge on any atom is 0.159 e. The number of pyridine rings is 1. The van der Waals surface area contributed by atoms with Crippen molar-refractivity contribution in [3.63, 3.8) is 0 Å². The van der Waals surface area contributed by atoms with Crippen molar-refractivity contribution in [2.45, 2.75) is 13.5 Å².